The van der Waals surface area contributed by atoms with Gasteiger partial charge in [0, 0.05) is 0 Å². The Morgan fingerprint density at radius 1 is 1.33 bits per heavy atom. The minimum Gasteiger partial charge on any atom is -0.289 e. The molecule has 1 rings (SSSR count). The van der Waals surface area contributed by atoms with Crippen LogP contribution in [0.2, 0.25) is 0 Å². The number of amides is 1. The van der Waals surface area contributed by atoms with Crippen LogP contribution in [0, 0.1) is 0 Å². The Bertz CT molecular complexity index is 297. The molecule has 0 aromatic heterocycles. The van der Waals surface area contributed by atoms with Crippen LogP contribution in [0.15, 0.2) is 30.3 Å². The first-order valence-electron chi connectivity index (χ1n) is 3.36. The van der Waals surface area contributed by atoms with Gasteiger partial charge in [-0.2, -0.15) is 0 Å². The lowest BCUT2D eigenvalue weighted by atomic mass is 10.1. The van der Waals surface area contributed by atoms with Crippen LogP contribution >= 0.6 is 12.2 Å². The van der Waals surface area contributed by atoms with Crippen molar-refractivity contribution in [3.63, 3.8) is 0 Å². The largest absolute Gasteiger partial charge is 0.289 e. The second-order valence-electron chi connectivity index (χ2n) is 2.17. The van der Waals surface area contributed by atoms with Crippen molar-refractivity contribution in [2.75, 3.05) is 0 Å². The molecular formula is C8H8N2OS. The van der Waals surface area contributed by atoms with E-state index in [9.17, 15) is 4.79 Å². The number of hydrazine groups is 1. The highest BCUT2D eigenvalue weighted by Gasteiger charge is 2.08. The molecule has 3 N–H and O–H groups in total. The van der Waals surface area contributed by atoms with Crippen LogP contribution in [-0.4, -0.2) is 10.8 Å². The first-order chi connectivity index (χ1) is 5.75. The van der Waals surface area contributed by atoms with Gasteiger partial charge in [0.2, 0.25) is 0 Å². The van der Waals surface area contributed by atoms with Gasteiger partial charge in [0.05, 0.1) is 0 Å². The zero-order chi connectivity index (χ0) is 8.97. The lowest BCUT2D eigenvalue weighted by Crippen LogP contribution is -2.35. The van der Waals surface area contributed by atoms with Gasteiger partial charge < -0.3 is 0 Å². The summed E-state index contributed by atoms with van der Waals surface area (Å²) in [6.45, 7) is 0. The molecule has 3 nitrogen and oxygen atoms in total. The maximum atomic E-state index is 10.9. The Morgan fingerprint density at radius 3 is 2.42 bits per heavy atom. The van der Waals surface area contributed by atoms with Crippen LogP contribution in [0.25, 0.3) is 0 Å². The lowest BCUT2D eigenvalue weighted by Gasteiger charge is -2.00. The van der Waals surface area contributed by atoms with Gasteiger partial charge in [0.25, 0.3) is 5.91 Å². The monoisotopic (exact) mass is 180 g/mol. The molecule has 0 bridgehead atoms. The van der Waals surface area contributed by atoms with Gasteiger partial charge in [-0.1, -0.05) is 42.5 Å². The number of hydrogen-bond donors (Lipinski definition) is 2. The van der Waals surface area contributed by atoms with E-state index in [0.717, 1.165) is 0 Å². The fraction of sp³-hybridized carbons (Fsp3) is 0. The number of hydrogen-bond acceptors (Lipinski definition) is 3. The molecular weight excluding hydrogens is 172 g/mol. The minimum atomic E-state index is -0.434. The number of nitrogens with one attached hydrogen (secondary N) is 1. The van der Waals surface area contributed by atoms with E-state index < -0.39 is 5.91 Å². The predicted octanol–water partition coefficient (Wildman–Crippen LogP) is 0.394. The summed E-state index contributed by atoms with van der Waals surface area (Å²) < 4.78 is 0. The van der Waals surface area contributed by atoms with E-state index in [4.69, 9.17) is 18.1 Å². The highest BCUT2D eigenvalue weighted by molar-refractivity contribution is 7.82. The molecule has 1 amide bonds. The highest BCUT2D eigenvalue weighted by Crippen LogP contribution is 2.00. The number of thiocarbonyl (C=S) groups is 1. The summed E-state index contributed by atoms with van der Waals surface area (Å²) >= 11 is 4.85. The second-order valence-corrected chi connectivity index (χ2v) is 2.58. The SMILES string of the molecule is NNC(=O)C(=S)c1ccccc1. The summed E-state index contributed by atoms with van der Waals surface area (Å²) in [4.78, 5) is 11.1. The summed E-state index contributed by atoms with van der Waals surface area (Å²) in [7, 11) is 0. The molecule has 12 heavy (non-hydrogen) atoms. The molecule has 0 aliphatic carbocycles. The lowest BCUT2D eigenvalue weighted by molar-refractivity contribution is -0.114. The van der Waals surface area contributed by atoms with Crippen LogP contribution in [0.3, 0.4) is 0 Å². The van der Waals surface area contributed by atoms with Crippen molar-refractivity contribution in [1.82, 2.24) is 5.43 Å². The molecule has 0 spiro atoms. The fourth-order valence-electron chi connectivity index (χ4n) is 0.786. The topological polar surface area (TPSA) is 55.1 Å². The molecule has 0 aliphatic heterocycles. The number of rotatable bonds is 2. The van der Waals surface area contributed by atoms with Gasteiger partial charge in [0.15, 0.2) is 0 Å². The highest BCUT2D eigenvalue weighted by atomic mass is 32.1. The van der Waals surface area contributed by atoms with E-state index >= 15 is 0 Å². The molecule has 0 radical (unpaired) electrons. The smallest absolute Gasteiger partial charge is 0.276 e. The van der Waals surface area contributed by atoms with Crippen molar-refractivity contribution < 1.29 is 4.79 Å². The molecule has 1 aromatic rings. The zero-order valence-corrected chi connectivity index (χ0v) is 7.10. The van der Waals surface area contributed by atoms with Crippen molar-refractivity contribution in [2.45, 2.75) is 0 Å². The van der Waals surface area contributed by atoms with Gasteiger partial charge >= 0.3 is 0 Å². The summed E-state index contributed by atoms with van der Waals surface area (Å²) in [5.74, 6) is 4.49. The number of benzene rings is 1. The van der Waals surface area contributed by atoms with Crippen molar-refractivity contribution in [1.29, 1.82) is 0 Å². The van der Waals surface area contributed by atoms with E-state index in [1.165, 1.54) is 0 Å². The number of nitrogens with two attached hydrogens (primary N) is 1. The minimum absolute atomic E-state index is 0.207. The molecule has 0 saturated carbocycles. The van der Waals surface area contributed by atoms with Crippen LogP contribution in [0.5, 0.6) is 0 Å². The molecule has 4 heteroatoms. The Hall–Kier alpha value is -1.26. The Morgan fingerprint density at radius 2 is 1.92 bits per heavy atom. The Kier molecular flexibility index (Phi) is 2.90. The quantitative estimate of drug-likeness (QED) is 0.228. The second kappa shape index (κ2) is 3.94. The number of carbonyl (C=O) groups excluding carboxylic acids is 1. The van der Waals surface area contributed by atoms with Gasteiger partial charge in [-0.15, -0.1) is 0 Å². The van der Waals surface area contributed by atoms with Crippen molar-refractivity contribution in [2.24, 2.45) is 5.84 Å². The van der Waals surface area contributed by atoms with E-state index in [1.54, 1.807) is 12.1 Å². The summed E-state index contributed by atoms with van der Waals surface area (Å²) in [5.41, 5.74) is 2.69. The predicted molar refractivity (Wildman–Crippen MR) is 50.5 cm³/mol. The van der Waals surface area contributed by atoms with Gasteiger partial charge in [-0.05, 0) is 5.56 Å². The van der Waals surface area contributed by atoms with Crippen molar-refractivity contribution in [3.8, 4) is 0 Å². The molecule has 1 aromatic carbocycles. The first kappa shape index (κ1) is 8.83. The van der Waals surface area contributed by atoms with Gasteiger partial charge in [-0.25, -0.2) is 5.84 Å². The van der Waals surface area contributed by atoms with Gasteiger partial charge in [0.1, 0.15) is 4.86 Å². The Balaban J connectivity index is 2.86. The third kappa shape index (κ3) is 1.87. The normalized spacial score (nSPS) is 9.08. The molecule has 0 saturated heterocycles. The maximum absolute atomic E-state index is 10.9. The molecule has 62 valence electrons. The third-order valence-corrected chi connectivity index (χ3v) is 1.79. The average molecular weight is 180 g/mol. The van der Waals surface area contributed by atoms with E-state index in [2.05, 4.69) is 0 Å². The molecule has 0 atom stereocenters. The standard InChI is InChI=1S/C8H8N2OS/c9-10-8(11)7(12)6-4-2-1-3-5-6/h1-5H,9H2,(H,10,11). The summed E-state index contributed by atoms with van der Waals surface area (Å²) in [6.07, 6.45) is 0. The average Bonchev–Trinajstić information content (AvgIpc) is 2.17. The van der Waals surface area contributed by atoms with E-state index in [1.807, 2.05) is 23.6 Å². The van der Waals surface area contributed by atoms with Crippen LogP contribution < -0.4 is 11.3 Å². The van der Waals surface area contributed by atoms with Gasteiger partial charge in [-0.3, -0.25) is 10.2 Å². The zero-order valence-electron chi connectivity index (χ0n) is 6.28. The van der Waals surface area contributed by atoms with Crippen LogP contribution in [0.4, 0.5) is 0 Å². The van der Waals surface area contributed by atoms with E-state index in [0.29, 0.717) is 5.56 Å². The number of carbonyl (C=O) groups is 1. The molecule has 0 unspecified atom stereocenters. The summed E-state index contributed by atoms with van der Waals surface area (Å²) in [6, 6.07) is 9.00. The van der Waals surface area contributed by atoms with Crippen LogP contribution in [0.1, 0.15) is 5.56 Å². The third-order valence-electron chi connectivity index (χ3n) is 1.37. The molecule has 0 aliphatic rings. The fourth-order valence-corrected chi connectivity index (χ4v) is 0.981. The maximum Gasteiger partial charge on any atom is 0.276 e. The van der Waals surface area contributed by atoms with Crippen LogP contribution in [-0.2, 0) is 4.79 Å². The molecule has 0 heterocycles. The summed E-state index contributed by atoms with van der Waals surface area (Å²) in [5, 5.41) is 0. The van der Waals surface area contributed by atoms with Crippen molar-refractivity contribution >= 4 is 23.0 Å². The Labute approximate surface area is 75.5 Å². The molecule has 0 fully saturated rings. The van der Waals surface area contributed by atoms with Crippen molar-refractivity contribution in [3.05, 3.63) is 35.9 Å². The van der Waals surface area contributed by atoms with E-state index in [-0.39, 0.29) is 4.86 Å². The first-order valence-corrected chi connectivity index (χ1v) is 3.77.